The van der Waals surface area contributed by atoms with E-state index in [0.29, 0.717) is 5.75 Å². The van der Waals surface area contributed by atoms with Gasteiger partial charge in [-0.05, 0) is 31.2 Å². The van der Waals surface area contributed by atoms with Crippen LogP contribution in [-0.4, -0.2) is 29.6 Å². The van der Waals surface area contributed by atoms with Crippen LogP contribution in [0, 0.1) is 5.82 Å². The highest BCUT2D eigenvalue weighted by Gasteiger charge is 2.15. The van der Waals surface area contributed by atoms with Crippen LogP contribution in [0.25, 0.3) is 0 Å². The van der Waals surface area contributed by atoms with E-state index in [9.17, 15) is 14.0 Å². The van der Waals surface area contributed by atoms with Gasteiger partial charge in [0.25, 0.3) is 5.91 Å². The molecule has 2 N–H and O–H groups in total. The Bertz CT molecular complexity index is 404. The summed E-state index contributed by atoms with van der Waals surface area (Å²) in [5.74, 6) is -1.74. The van der Waals surface area contributed by atoms with Gasteiger partial charge in [-0.25, -0.2) is 4.39 Å². The van der Waals surface area contributed by atoms with Gasteiger partial charge >= 0.3 is 5.97 Å². The molecule has 1 unspecified atom stereocenters. The van der Waals surface area contributed by atoms with E-state index in [1.807, 2.05) is 0 Å². The number of rotatable bonds is 5. The van der Waals surface area contributed by atoms with Crippen molar-refractivity contribution in [2.24, 2.45) is 0 Å². The lowest BCUT2D eigenvalue weighted by Gasteiger charge is -2.13. The van der Waals surface area contributed by atoms with Crippen molar-refractivity contribution in [3.05, 3.63) is 30.1 Å². The lowest BCUT2D eigenvalue weighted by atomic mass is 10.3. The van der Waals surface area contributed by atoms with Gasteiger partial charge in [-0.2, -0.15) is 0 Å². The Morgan fingerprint density at radius 2 is 2.00 bits per heavy atom. The number of halogens is 1. The number of benzene rings is 1. The molecule has 1 amide bonds. The number of carboxylic acids is 1. The molecule has 0 radical (unpaired) electrons. The Kier molecular flexibility index (Phi) is 4.45. The molecule has 5 nitrogen and oxygen atoms in total. The van der Waals surface area contributed by atoms with E-state index in [-0.39, 0.29) is 0 Å². The van der Waals surface area contributed by atoms with E-state index in [1.165, 1.54) is 31.2 Å². The molecule has 0 fully saturated rings. The maximum atomic E-state index is 12.6. The minimum absolute atomic E-state index is 0.337. The second-order valence-electron chi connectivity index (χ2n) is 3.33. The maximum absolute atomic E-state index is 12.6. The van der Waals surface area contributed by atoms with Crippen LogP contribution in [0.5, 0.6) is 5.75 Å². The van der Waals surface area contributed by atoms with Gasteiger partial charge in [0.15, 0.2) is 6.10 Å². The number of hydrogen-bond acceptors (Lipinski definition) is 3. The van der Waals surface area contributed by atoms with Crippen LogP contribution in [0.2, 0.25) is 0 Å². The molecule has 1 rings (SSSR count). The fourth-order valence-electron chi connectivity index (χ4n) is 1.08. The Balaban J connectivity index is 2.48. The highest BCUT2D eigenvalue weighted by Crippen LogP contribution is 2.12. The van der Waals surface area contributed by atoms with E-state index in [1.54, 1.807) is 0 Å². The molecule has 1 aromatic rings. The first-order valence-corrected chi connectivity index (χ1v) is 4.91. The number of hydrogen-bond donors (Lipinski definition) is 2. The minimum Gasteiger partial charge on any atom is -0.481 e. The second-order valence-corrected chi connectivity index (χ2v) is 3.33. The number of carboxylic acid groups (broad SMARTS) is 1. The number of amides is 1. The van der Waals surface area contributed by atoms with Crippen molar-refractivity contribution in [2.45, 2.75) is 13.0 Å². The summed E-state index contributed by atoms with van der Waals surface area (Å²) in [6.45, 7) is 1.01. The van der Waals surface area contributed by atoms with E-state index in [4.69, 9.17) is 9.84 Å². The van der Waals surface area contributed by atoms with Crippen LogP contribution in [0.3, 0.4) is 0 Å². The first-order valence-electron chi connectivity index (χ1n) is 4.91. The SMILES string of the molecule is CC(Oc1ccc(F)cc1)C(=O)NCC(=O)O. The van der Waals surface area contributed by atoms with Gasteiger partial charge < -0.3 is 15.2 Å². The summed E-state index contributed by atoms with van der Waals surface area (Å²) in [5.41, 5.74) is 0. The van der Waals surface area contributed by atoms with E-state index in [2.05, 4.69) is 5.32 Å². The number of aliphatic carboxylic acids is 1. The van der Waals surface area contributed by atoms with Crippen LogP contribution >= 0.6 is 0 Å². The predicted octanol–water partition coefficient (Wildman–Crippen LogP) is 0.794. The molecule has 0 bridgehead atoms. The first kappa shape index (κ1) is 13.0. The summed E-state index contributed by atoms with van der Waals surface area (Å²) in [6.07, 6.45) is -0.847. The Morgan fingerprint density at radius 1 is 1.41 bits per heavy atom. The fraction of sp³-hybridized carbons (Fsp3) is 0.273. The van der Waals surface area contributed by atoms with Crippen molar-refractivity contribution in [1.82, 2.24) is 5.32 Å². The molecule has 0 saturated heterocycles. The third-order valence-electron chi connectivity index (χ3n) is 1.91. The van der Waals surface area contributed by atoms with Gasteiger partial charge in [0.1, 0.15) is 18.1 Å². The third kappa shape index (κ3) is 4.50. The van der Waals surface area contributed by atoms with Gasteiger partial charge in [0, 0.05) is 0 Å². The number of nitrogens with one attached hydrogen (secondary N) is 1. The summed E-state index contributed by atoms with van der Waals surface area (Å²) < 4.78 is 17.8. The van der Waals surface area contributed by atoms with Gasteiger partial charge in [-0.15, -0.1) is 0 Å². The minimum atomic E-state index is -1.13. The lowest BCUT2D eigenvalue weighted by Crippen LogP contribution is -2.39. The van der Waals surface area contributed by atoms with E-state index >= 15 is 0 Å². The molecule has 6 heteroatoms. The molecule has 92 valence electrons. The molecule has 0 spiro atoms. The van der Waals surface area contributed by atoms with Crippen molar-refractivity contribution in [3.63, 3.8) is 0 Å². The van der Waals surface area contributed by atoms with Crippen LogP contribution in [-0.2, 0) is 9.59 Å². The highest BCUT2D eigenvalue weighted by atomic mass is 19.1. The topological polar surface area (TPSA) is 75.6 Å². The van der Waals surface area contributed by atoms with E-state index in [0.717, 1.165) is 0 Å². The first-order chi connectivity index (χ1) is 7.99. The molecular formula is C11H12FNO4. The molecule has 1 atom stereocenters. The van der Waals surface area contributed by atoms with Gasteiger partial charge in [-0.1, -0.05) is 0 Å². The predicted molar refractivity (Wildman–Crippen MR) is 57.1 cm³/mol. The van der Waals surface area contributed by atoms with Crippen molar-refractivity contribution in [3.8, 4) is 5.75 Å². The molecule has 0 heterocycles. The smallest absolute Gasteiger partial charge is 0.322 e. The quantitative estimate of drug-likeness (QED) is 0.799. The normalized spacial score (nSPS) is 11.6. The van der Waals surface area contributed by atoms with Crippen LogP contribution < -0.4 is 10.1 Å². The summed E-state index contributed by atoms with van der Waals surface area (Å²) in [6, 6.07) is 5.18. The molecule has 0 aromatic heterocycles. The number of carbonyl (C=O) groups is 2. The van der Waals surface area contributed by atoms with E-state index < -0.39 is 30.3 Å². The largest absolute Gasteiger partial charge is 0.481 e. The van der Waals surface area contributed by atoms with Crippen LogP contribution in [0.15, 0.2) is 24.3 Å². The maximum Gasteiger partial charge on any atom is 0.322 e. The lowest BCUT2D eigenvalue weighted by molar-refractivity contribution is -0.139. The monoisotopic (exact) mass is 241 g/mol. The standard InChI is InChI=1S/C11H12FNO4/c1-7(11(16)13-6-10(14)15)17-9-4-2-8(12)3-5-9/h2-5,7H,6H2,1H3,(H,13,16)(H,14,15). The van der Waals surface area contributed by atoms with Crippen molar-refractivity contribution < 1.29 is 23.8 Å². The van der Waals surface area contributed by atoms with Crippen molar-refractivity contribution in [1.29, 1.82) is 0 Å². The molecule has 0 saturated carbocycles. The zero-order valence-corrected chi connectivity index (χ0v) is 9.14. The number of carbonyl (C=O) groups excluding carboxylic acids is 1. The molecule has 1 aromatic carbocycles. The molecule has 0 aliphatic rings. The fourth-order valence-corrected chi connectivity index (χ4v) is 1.08. The van der Waals surface area contributed by atoms with Crippen molar-refractivity contribution in [2.75, 3.05) is 6.54 Å². The summed E-state index contributed by atoms with van der Waals surface area (Å²) in [5, 5.41) is 10.5. The molecule has 0 aliphatic carbocycles. The van der Waals surface area contributed by atoms with Gasteiger partial charge in [-0.3, -0.25) is 9.59 Å². The van der Waals surface area contributed by atoms with Crippen molar-refractivity contribution >= 4 is 11.9 Å². The Hall–Kier alpha value is -2.11. The summed E-state index contributed by atoms with van der Waals surface area (Å²) in [4.78, 5) is 21.6. The van der Waals surface area contributed by atoms with Crippen LogP contribution in [0.4, 0.5) is 4.39 Å². The average Bonchev–Trinajstić information content (AvgIpc) is 2.28. The third-order valence-corrected chi connectivity index (χ3v) is 1.91. The zero-order valence-electron chi connectivity index (χ0n) is 9.14. The average molecular weight is 241 g/mol. The summed E-state index contributed by atoms with van der Waals surface area (Å²) >= 11 is 0. The van der Waals surface area contributed by atoms with Gasteiger partial charge in [0.2, 0.25) is 0 Å². The molecule has 0 aliphatic heterocycles. The summed E-state index contributed by atoms with van der Waals surface area (Å²) in [7, 11) is 0. The Labute approximate surface area is 97.2 Å². The number of ether oxygens (including phenoxy) is 1. The van der Waals surface area contributed by atoms with Gasteiger partial charge in [0.05, 0.1) is 0 Å². The zero-order chi connectivity index (χ0) is 12.8. The second kappa shape index (κ2) is 5.83. The Morgan fingerprint density at radius 3 is 2.53 bits per heavy atom. The molecular weight excluding hydrogens is 229 g/mol. The highest BCUT2D eigenvalue weighted by molar-refractivity contribution is 5.84. The van der Waals surface area contributed by atoms with Crippen LogP contribution in [0.1, 0.15) is 6.92 Å². The molecule has 17 heavy (non-hydrogen) atoms.